The topological polar surface area (TPSA) is 72.8 Å². The molecule has 0 amide bonds. The Labute approximate surface area is 108 Å². The number of nitrogens with zero attached hydrogens (tertiary/aromatic N) is 3. The summed E-state index contributed by atoms with van der Waals surface area (Å²) in [6.45, 7) is 1.73. The Morgan fingerprint density at radius 1 is 1.26 bits per heavy atom. The Morgan fingerprint density at radius 3 is 2.68 bits per heavy atom. The number of nitrogens with one attached hydrogen (secondary N) is 1. The van der Waals surface area contributed by atoms with Crippen LogP contribution in [0.25, 0.3) is 16.9 Å². The van der Waals surface area contributed by atoms with E-state index in [0.717, 1.165) is 11.4 Å². The molecule has 19 heavy (non-hydrogen) atoms. The fourth-order valence-electron chi connectivity index (χ4n) is 1.98. The molecule has 6 nitrogen and oxygen atoms in total. The fraction of sp³-hybridized carbons (Fsp3) is 0.154. The summed E-state index contributed by atoms with van der Waals surface area (Å²) in [7, 11) is 1.61. The van der Waals surface area contributed by atoms with Gasteiger partial charge in [-0.25, -0.2) is 9.97 Å². The Hall–Kier alpha value is -2.63. The van der Waals surface area contributed by atoms with Crippen molar-refractivity contribution in [2.24, 2.45) is 0 Å². The average molecular weight is 256 g/mol. The van der Waals surface area contributed by atoms with Gasteiger partial charge in [-0.15, -0.1) is 0 Å². The number of hydrogen-bond acceptors (Lipinski definition) is 4. The van der Waals surface area contributed by atoms with E-state index in [-0.39, 0.29) is 5.56 Å². The summed E-state index contributed by atoms with van der Waals surface area (Å²) in [5.74, 6) is 1.31. The monoisotopic (exact) mass is 256 g/mol. The molecule has 1 aromatic carbocycles. The van der Waals surface area contributed by atoms with Crippen molar-refractivity contribution in [2.75, 3.05) is 7.11 Å². The molecule has 2 heterocycles. The van der Waals surface area contributed by atoms with Gasteiger partial charge in [0, 0.05) is 5.69 Å². The van der Waals surface area contributed by atoms with Crippen LogP contribution in [0.1, 0.15) is 5.82 Å². The summed E-state index contributed by atoms with van der Waals surface area (Å²) in [4.78, 5) is 23.0. The highest BCUT2D eigenvalue weighted by Crippen LogP contribution is 2.17. The van der Waals surface area contributed by atoms with Gasteiger partial charge >= 0.3 is 0 Å². The van der Waals surface area contributed by atoms with E-state index in [0.29, 0.717) is 17.0 Å². The SMILES string of the molecule is COc1ccc(-n2cnc3nc(C)[nH]c(=O)c32)cc1. The van der Waals surface area contributed by atoms with Gasteiger partial charge in [0.1, 0.15) is 17.9 Å². The number of benzene rings is 1. The third-order valence-corrected chi connectivity index (χ3v) is 2.88. The molecule has 0 aliphatic heterocycles. The van der Waals surface area contributed by atoms with Crippen LogP contribution in [-0.4, -0.2) is 26.6 Å². The first kappa shape index (κ1) is 11.5. The van der Waals surface area contributed by atoms with Gasteiger partial charge in [0.15, 0.2) is 11.2 Å². The van der Waals surface area contributed by atoms with Crippen molar-refractivity contribution in [3.63, 3.8) is 0 Å². The minimum Gasteiger partial charge on any atom is -0.497 e. The third kappa shape index (κ3) is 1.87. The summed E-state index contributed by atoms with van der Waals surface area (Å²) in [6, 6.07) is 7.38. The molecule has 0 saturated carbocycles. The van der Waals surface area contributed by atoms with Crippen LogP contribution >= 0.6 is 0 Å². The van der Waals surface area contributed by atoms with Gasteiger partial charge < -0.3 is 9.72 Å². The smallest absolute Gasteiger partial charge is 0.277 e. The lowest BCUT2D eigenvalue weighted by molar-refractivity contribution is 0.415. The third-order valence-electron chi connectivity index (χ3n) is 2.88. The van der Waals surface area contributed by atoms with Gasteiger partial charge in [-0.2, -0.15) is 0 Å². The molecule has 0 fully saturated rings. The first-order valence-corrected chi connectivity index (χ1v) is 5.77. The molecule has 3 rings (SSSR count). The number of fused-ring (bicyclic) bond motifs is 1. The van der Waals surface area contributed by atoms with Gasteiger partial charge in [0.25, 0.3) is 5.56 Å². The fourth-order valence-corrected chi connectivity index (χ4v) is 1.98. The summed E-state index contributed by atoms with van der Waals surface area (Å²) >= 11 is 0. The zero-order valence-corrected chi connectivity index (χ0v) is 10.5. The van der Waals surface area contributed by atoms with E-state index < -0.39 is 0 Å². The second-order valence-corrected chi connectivity index (χ2v) is 4.14. The molecule has 3 aromatic rings. The number of aryl methyl sites for hydroxylation is 1. The zero-order chi connectivity index (χ0) is 13.4. The molecule has 0 saturated heterocycles. The van der Waals surface area contributed by atoms with Crippen molar-refractivity contribution < 1.29 is 4.74 Å². The number of aromatic amines is 1. The molecule has 1 N–H and O–H groups in total. The van der Waals surface area contributed by atoms with Crippen LogP contribution < -0.4 is 10.3 Å². The quantitative estimate of drug-likeness (QED) is 0.752. The molecule has 0 bridgehead atoms. The highest BCUT2D eigenvalue weighted by Gasteiger charge is 2.10. The van der Waals surface area contributed by atoms with Crippen LogP contribution in [0, 0.1) is 6.92 Å². The lowest BCUT2D eigenvalue weighted by Crippen LogP contribution is -2.12. The van der Waals surface area contributed by atoms with E-state index in [4.69, 9.17) is 4.74 Å². The van der Waals surface area contributed by atoms with Crippen molar-refractivity contribution in [1.82, 2.24) is 19.5 Å². The Morgan fingerprint density at radius 2 is 2.00 bits per heavy atom. The summed E-state index contributed by atoms with van der Waals surface area (Å²) in [5.41, 5.74) is 1.52. The second-order valence-electron chi connectivity index (χ2n) is 4.14. The van der Waals surface area contributed by atoms with Crippen molar-refractivity contribution in [3.05, 3.63) is 46.8 Å². The maximum atomic E-state index is 12.0. The number of ether oxygens (including phenoxy) is 1. The van der Waals surface area contributed by atoms with Gasteiger partial charge in [-0.3, -0.25) is 9.36 Å². The minimum atomic E-state index is -0.198. The van der Waals surface area contributed by atoms with Crippen LogP contribution in [0.3, 0.4) is 0 Å². The maximum Gasteiger partial charge on any atom is 0.277 e. The molecule has 0 radical (unpaired) electrons. The Kier molecular flexibility index (Phi) is 2.56. The van der Waals surface area contributed by atoms with Crippen LogP contribution in [0.4, 0.5) is 0 Å². The zero-order valence-electron chi connectivity index (χ0n) is 10.5. The summed E-state index contributed by atoms with van der Waals surface area (Å²) in [6.07, 6.45) is 1.59. The van der Waals surface area contributed by atoms with Gasteiger partial charge in [-0.1, -0.05) is 0 Å². The molecule has 0 atom stereocenters. The van der Waals surface area contributed by atoms with E-state index in [1.54, 1.807) is 24.9 Å². The van der Waals surface area contributed by atoms with Gasteiger partial charge in [0.2, 0.25) is 0 Å². The van der Waals surface area contributed by atoms with Crippen molar-refractivity contribution >= 4 is 11.2 Å². The van der Waals surface area contributed by atoms with E-state index in [2.05, 4.69) is 15.0 Å². The Bertz CT molecular complexity index is 787. The molecular formula is C13H12N4O2. The molecule has 0 aliphatic rings. The maximum absolute atomic E-state index is 12.0. The van der Waals surface area contributed by atoms with E-state index in [1.807, 2.05) is 24.3 Å². The number of imidazole rings is 1. The largest absolute Gasteiger partial charge is 0.497 e. The van der Waals surface area contributed by atoms with E-state index in [1.165, 1.54) is 0 Å². The number of hydrogen-bond donors (Lipinski definition) is 1. The van der Waals surface area contributed by atoms with Crippen molar-refractivity contribution in [1.29, 1.82) is 0 Å². The molecule has 6 heteroatoms. The van der Waals surface area contributed by atoms with Crippen LogP contribution in [-0.2, 0) is 0 Å². The molecule has 0 spiro atoms. The lowest BCUT2D eigenvalue weighted by atomic mass is 10.3. The standard InChI is InChI=1S/C13H12N4O2/c1-8-15-12-11(13(18)16-8)17(7-14-12)9-3-5-10(19-2)6-4-9/h3-7H,1-2H3,(H,15,16,18). The molecule has 96 valence electrons. The number of methoxy groups -OCH3 is 1. The van der Waals surface area contributed by atoms with Gasteiger partial charge in [-0.05, 0) is 31.2 Å². The molecule has 0 aliphatic carbocycles. The van der Waals surface area contributed by atoms with Crippen LogP contribution in [0.5, 0.6) is 5.75 Å². The highest BCUT2D eigenvalue weighted by atomic mass is 16.5. The van der Waals surface area contributed by atoms with E-state index in [9.17, 15) is 4.79 Å². The average Bonchev–Trinajstić information content (AvgIpc) is 2.83. The summed E-state index contributed by atoms with van der Waals surface area (Å²) < 4.78 is 6.82. The van der Waals surface area contributed by atoms with Crippen molar-refractivity contribution in [3.8, 4) is 11.4 Å². The van der Waals surface area contributed by atoms with Crippen LogP contribution in [0.2, 0.25) is 0 Å². The minimum absolute atomic E-state index is 0.198. The first-order chi connectivity index (χ1) is 9.19. The number of H-pyrrole nitrogens is 1. The van der Waals surface area contributed by atoms with Gasteiger partial charge in [0.05, 0.1) is 7.11 Å². The highest BCUT2D eigenvalue weighted by molar-refractivity contribution is 5.72. The predicted octanol–water partition coefficient (Wildman–Crippen LogP) is 1.43. The lowest BCUT2D eigenvalue weighted by Gasteiger charge is -2.05. The Balaban J connectivity index is 2.22. The predicted molar refractivity (Wildman–Crippen MR) is 70.8 cm³/mol. The molecule has 2 aromatic heterocycles. The number of aromatic nitrogens is 4. The molecule has 0 unspecified atom stereocenters. The van der Waals surface area contributed by atoms with E-state index >= 15 is 0 Å². The molecular weight excluding hydrogens is 244 g/mol. The number of rotatable bonds is 2. The summed E-state index contributed by atoms with van der Waals surface area (Å²) in [5, 5.41) is 0. The van der Waals surface area contributed by atoms with Crippen LogP contribution in [0.15, 0.2) is 35.4 Å². The second kappa shape index (κ2) is 4.24. The first-order valence-electron chi connectivity index (χ1n) is 5.77. The normalized spacial score (nSPS) is 10.8. The van der Waals surface area contributed by atoms with Crippen molar-refractivity contribution in [2.45, 2.75) is 6.92 Å².